The Morgan fingerprint density at radius 2 is 1.79 bits per heavy atom. The minimum Gasteiger partial charge on any atom is -0.381 e. The van der Waals surface area contributed by atoms with Crippen molar-refractivity contribution >= 4 is 5.91 Å². The maximum Gasteiger partial charge on any atom is 0.237 e. The van der Waals surface area contributed by atoms with Crippen LogP contribution in [0.2, 0.25) is 0 Å². The van der Waals surface area contributed by atoms with E-state index in [1.165, 1.54) is 5.56 Å². The first-order valence-electron chi connectivity index (χ1n) is 9.05. The molecule has 24 heavy (non-hydrogen) atoms. The second-order valence-corrected chi connectivity index (χ2v) is 6.47. The van der Waals surface area contributed by atoms with Crippen LogP contribution < -0.4 is 11.1 Å². The molecular weight excluding hydrogens is 302 g/mol. The summed E-state index contributed by atoms with van der Waals surface area (Å²) in [6, 6.07) is 8.00. The van der Waals surface area contributed by atoms with Crippen LogP contribution in [0.15, 0.2) is 24.3 Å². The number of carbonyl (C=O) groups is 1. The lowest BCUT2D eigenvalue weighted by molar-refractivity contribution is -0.124. The van der Waals surface area contributed by atoms with Crippen LogP contribution >= 0.6 is 0 Å². The lowest BCUT2D eigenvalue weighted by atomic mass is 9.92. The average Bonchev–Trinajstić information content (AvgIpc) is 2.65. The van der Waals surface area contributed by atoms with Gasteiger partial charge in [0.15, 0.2) is 0 Å². The summed E-state index contributed by atoms with van der Waals surface area (Å²) >= 11 is 0. The Hall–Kier alpha value is -1.43. The third kappa shape index (κ3) is 5.58. The van der Waals surface area contributed by atoms with Crippen LogP contribution in [0.25, 0.3) is 0 Å². The lowest BCUT2D eigenvalue weighted by Crippen LogP contribution is -2.46. The zero-order chi connectivity index (χ0) is 17.4. The van der Waals surface area contributed by atoms with Crippen molar-refractivity contribution in [3.63, 3.8) is 0 Å². The quantitative estimate of drug-likeness (QED) is 0.762. The highest BCUT2D eigenvalue weighted by Gasteiger charge is 2.26. The van der Waals surface area contributed by atoms with E-state index in [9.17, 15) is 4.79 Å². The number of ether oxygens (including phenoxy) is 1. The van der Waals surface area contributed by atoms with Gasteiger partial charge in [-0.2, -0.15) is 0 Å². The van der Waals surface area contributed by atoms with Gasteiger partial charge in [-0.1, -0.05) is 38.1 Å². The monoisotopic (exact) mass is 333 g/mol. The Kier molecular flexibility index (Phi) is 7.69. The minimum atomic E-state index is -0.434. The third-order valence-corrected chi connectivity index (χ3v) is 4.87. The molecule has 0 saturated carbocycles. The predicted octanol–water partition coefficient (Wildman–Crippen LogP) is 1.90. The van der Waals surface area contributed by atoms with E-state index in [2.05, 4.69) is 48.3 Å². The highest BCUT2D eigenvalue weighted by Crippen LogP contribution is 2.17. The Balaban J connectivity index is 1.79. The van der Waals surface area contributed by atoms with Crippen molar-refractivity contribution in [2.45, 2.75) is 45.8 Å². The van der Waals surface area contributed by atoms with E-state index < -0.39 is 6.04 Å². The van der Waals surface area contributed by atoms with Gasteiger partial charge in [-0.05, 0) is 43.0 Å². The molecule has 0 radical (unpaired) electrons. The number of nitrogens with two attached hydrogens (primary N) is 1. The summed E-state index contributed by atoms with van der Waals surface area (Å²) in [5, 5.41) is 2.96. The van der Waals surface area contributed by atoms with Gasteiger partial charge < -0.3 is 15.8 Å². The van der Waals surface area contributed by atoms with E-state index >= 15 is 0 Å². The van der Waals surface area contributed by atoms with Gasteiger partial charge in [-0.15, -0.1) is 0 Å². The molecule has 5 heteroatoms. The number of benzene rings is 1. The first-order chi connectivity index (χ1) is 11.6. The highest BCUT2D eigenvalue weighted by molar-refractivity contribution is 5.81. The van der Waals surface area contributed by atoms with Crippen molar-refractivity contribution < 1.29 is 9.53 Å². The lowest BCUT2D eigenvalue weighted by Gasteiger charge is -2.26. The second kappa shape index (κ2) is 9.77. The smallest absolute Gasteiger partial charge is 0.237 e. The zero-order valence-corrected chi connectivity index (χ0v) is 15.0. The van der Waals surface area contributed by atoms with Gasteiger partial charge in [0, 0.05) is 26.3 Å². The molecule has 1 aliphatic rings. The molecule has 5 nitrogen and oxygen atoms in total. The minimum absolute atomic E-state index is 0.0610. The van der Waals surface area contributed by atoms with E-state index in [0.717, 1.165) is 38.0 Å². The molecule has 2 rings (SSSR count). The molecule has 0 spiro atoms. The summed E-state index contributed by atoms with van der Waals surface area (Å²) in [6.45, 7) is 9.37. The van der Waals surface area contributed by atoms with Crippen molar-refractivity contribution in [2.24, 2.45) is 11.7 Å². The van der Waals surface area contributed by atoms with Crippen molar-refractivity contribution in [3.05, 3.63) is 35.4 Å². The van der Waals surface area contributed by atoms with Gasteiger partial charge >= 0.3 is 0 Å². The Morgan fingerprint density at radius 1 is 1.21 bits per heavy atom. The number of rotatable bonds is 8. The second-order valence-electron chi connectivity index (χ2n) is 6.47. The summed E-state index contributed by atoms with van der Waals surface area (Å²) in [5.74, 6) is 0.171. The van der Waals surface area contributed by atoms with Crippen LogP contribution in [0.1, 0.15) is 37.8 Å². The first kappa shape index (κ1) is 18.9. The van der Waals surface area contributed by atoms with Gasteiger partial charge in [-0.3, -0.25) is 9.69 Å². The maximum atomic E-state index is 12.2. The SMILES string of the molecule is CCN(CC)Cc1ccc(CNC(=O)C(N)C2CCOCC2)cc1. The molecular formula is C19H31N3O2. The number of hydrogen-bond acceptors (Lipinski definition) is 4. The van der Waals surface area contributed by atoms with Crippen molar-refractivity contribution in [1.29, 1.82) is 0 Å². The largest absolute Gasteiger partial charge is 0.381 e. The van der Waals surface area contributed by atoms with Crippen LogP contribution in [-0.4, -0.2) is 43.2 Å². The highest BCUT2D eigenvalue weighted by atomic mass is 16.5. The molecule has 134 valence electrons. The van der Waals surface area contributed by atoms with Crippen molar-refractivity contribution in [1.82, 2.24) is 10.2 Å². The van der Waals surface area contributed by atoms with Crippen LogP contribution in [-0.2, 0) is 22.6 Å². The van der Waals surface area contributed by atoms with E-state index in [1.807, 2.05) is 0 Å². The third-order valence-electron chi connectivity index (χ3n) is 4.87. The molecule has 1 aromatic rings. The van der Waals surface area contributed by atoms with Crippen LogP contribution in [0.5, 0.6) is 0 Å². The summed E-state index contributed by atoms with van der Waals surface area (Å²) in [4.78, 5) is 14.6. The molecule has 3 N–H and O–H groups in total. The summed E-state index contributed by atoms with van der Waals surface area (Å²) in [6.07, 6.45) is 1.74. The zero-order valence-electron chi connectivity index (χ0n) is 15.0. The van der Waals surface area contributed by atoms with Crippen molar-refractivity contribution in [3.8, 4) is 0 Å². The van der Waals surface area contributed by atoms with Gasteiger partial charge in [0.2, 0.25) is 5.91 Å². The Labute approximate surface area is 145 Å². The molecule has 1 aliphatic heterocycles. The fraction of sp³-hybridized carbons (Fsp3) is 0.632. The van der Waals surface area contributed by atoms with E-state index in [1.54, 1.807) is 0 Å². The van der Waals surface area contributed by atoms with Gasteiger partial charge in [0.1, 0.15) is 0 Å². The van der Waals surface area contributed by atoms with E-state index in [-0.39, 0.29) is 11.8 Å². The number of amides is 1. The van der Waals surface area contributed by atoms with Gasteiger partial charge in [0.05, 0.1) is 6.04 Å². The molecule has 1 atom stereocenters. The average molecular weight is 333 g/mol. The fourth-order valence-corrected chi connectivity index (χ4v) is 3.06. The van der Waals surface area contributed by atoms with Crippen molar-refractivity contribution in [2.75, 3.05) is 26.3 Å². The summed E-state index contributed by atoms with van der Waals surface area (Å²) in [5.41, 5.74) is 8.49. The Morgan fingerprint density at radius 3 is 2.38 bits per heavy atom. The molecule has 0 aromatic heterocycles. The molecule has 1 saturated heterocycles. The first-order valence-corrected chi connectivity index (χ1v) is 9.05. The standard InChI is InChI=1S/C19H31N3O2/c1-3-22(4-2)14-16-7-5-15(6-8-16)13-21-19(23)18(20)17-9-11-24-12-10-17/h5-8,17-18H,3-4,9-14,20H2,1-2H3,(H,21,23). The fourth-order valence-electron chi connectivity index (χ4n) is 3.06. The Bertz CT molecular complexity index is 494. The van der Waals surface area contributed by atoms with Gasteiger partial charge in [0.25, 0.3) is 0 Å². The van der Waals surface area contributed by atoms with E-state index in [4.69, 9.17) is 10.5 Å². The molecule has 0 aliphatic carbocycles. The number of nitrogens with one attached hydrogen (secondary N) is 1. The van der Waals surface area contributed by atoms with Gasteiger partial charge in [-0.25, -0.2) is 0 Å². The summed E-state index contributed by atoms with van der Waals surface area (Å²) < 4.78 is 5.32. The molecule has 1 aromatic carbocycles. The summed E-state index contributed by atoms with van der Waals surface area (Å²) in [7, 11) is 0. The maximum absolute atomic E-state index is 12.2. The molecule has 1 heterocycles. The predicted molar refractivity (Wildman–Crippen MR) is 96.4 cm³/mol. The number of nitrogens with zero attached hydrogens (tertiary/aromatic N) is 1. The normalized spacial score (nSPS) is 17.0. The van der Waals surface area contributed by atoms with Crippen LogP contribution in [0.3, 0.4) is 0 Å². The molecule has 1 unspecified atom stereocenters. The molecule has 1 fully saturated rings. The van der Waals surface area contributed by atoms with Crippen LogP contribution in [0, 0.1) is 5.92 Å². The number of hydrogen-bond donors (Lipinski definition) is 2. The molecule has 1 amide bonds. The van der Waals surface area contributed by atoms with E-state index in [0.29, 0.717) is 19.8 Å². The number of carbonyl (C=O) groups excluding carboxylic acids is 1. The molecule has 0 bridgehead atoms. The topological polar surface area (TPSA) is 67.6 Å². The van der Waals surface area contributed by atoms with Crippen LogP contribution in [0.4, 0.5) is 0 Å².